The lowest BCUT2D eigenvalue weighted by atomic mass is 9.93. The Morgan fingerprint density at radius 1 is 1.09 bits per heavy atom. The zero-order chi connectivity index (χ0) is 23.1. The number of hydrogen-bond acceptors (Lipinski definition) is 3. The fourth-order valence-corrected chi connectivity index (χ4v) is 4.14. The molecule has 0 amide bonds. The Hall–Kier alpha value is -4.03. The number of aromatic amines is 1. The molecule has 33 heavy (non-hydrogen) atoms. The Balaban J connectivity index is 1.69. The summed E-state index contributed by atoms with van der Waals surface area (Å²) in [4.78, 5) is 34.0. The van der Waals surface area contributed by atoms with E-state index in [-0.39, 0.29) is 11.4 Å². The number of hydrogen-bond donors (Lipinski definition) is 1. The Labute approximate surface area is 192 Å². The Morgan fingerprint density at radius 2 is 1.88 bits per heavy atom. The van der Waals surface area contributed by atoms with E-state index in [0.29, 0.717) is 38.3 Å². The number of imidazole rings is 1. The highest BCUT2D eigenvalue weighted by molar-refractivity contribution is 6.31. The van der Waals surface area contributed by atoms with Crippen molar-refractivity contribution in [2.45, 2.75) is 0 Å². The molecule has 0 unspecified atom stereocenters. The molecule has 5 rings (SSSR count). The van der Waals surface area contributed by atoms with Gasteiger partial charge in [-0.1, -0.05) is 41.9 Å². The van der Waals surface area contributed by atoms with Gasteiger partial charge in [0.25, 0.3) is 5.56 Å². The molecule has 0 fully saturated rings. The van der Waals surface area contributed by atoms with Crippen LogP contribution in [-0.2, 0) is 7.05 Å². The number of fused-ring (bicyclic) bond motifs is 2. The van der Waals surface area contributed by atoms with Crippen molar-refractivity contribution in [3.8, 4) is 11.1 Å². The van der Waals surface area contributed by atoms with Gasteiger partial charge in [0.05, 0.1) is 22.1 Å². The van der Waals surface area contributed by atoms with Crippen LogP contribution >= 0.6 is 11.6 Å². The van der Waals surface area contributed by atoms with Crippen molar-refractivity contribution in [2.24, 2.45) is 7.05 Å². The van der Waals surface area contributed by atoms with Gasteiger partial charge in [-0.25, -0.2) is 9.37 Å². The fraction of sp³-hybridized carbons (Fsp3) is 0.0385. The van der Waals surface area contributed by atoms with Gasteiger partial charge in [-0.15, -0.1) is 0 Å². The van der Waals surface area contributed by atoms with Crippen molar-refractivity contribution >= 4 is 45.4 Å². The lowest BCUT2D eigenvalue weighted by Gasteiger charge is -2.15. The lowest BCUT2D eigenvalue weighted by Crippen LogP contribution is -2.25. The summed E-state index contributed by atoms with van der Waals surface area (Å²) in [7, 11) is 1.63. The number of carbonyl (C=O) groups excluding carboxylic acids is 1. The van der Waals surface area contributed by atoms with E-state index in [2.05, 4.69) is 9.97 Å². The van der Waals surface area contributed by atoms with Crippen molar-refractivity contribution in [1.82, 2.24) is 14.5 Å². The van der Waals surface area contributed by atoms with Crippen LogP contribution in [0.25, 0.3) is 39.1 Å². The van der Waals surface area contributed by atoms with Crippen molar-refractivity contribution in [3.63, 3.8) is 0 Å². The minimum atomic E-state index is -0.469. The molecule has 5 aromatic rings. The molecule has 2 heterocycles. The molecule has 7 heteroatoms. The lowest BCUT2D eigenvalue weighted by molar-refractivity contribution is 0.104. The number of H-pyrrole nitrogens is 1. The van der Waals surface area contributed by atoms with Crippen LogP contribution in [0, 0.1) is 5.82 Å². The molecule has 0 aliphatic carbocycles. The molecular weight excluding hydrogens is 441 g/mol. The summed E-state index contributed by atoms with van der Waals surface area (Å²) in [6.07, 6.45) is 2.78. The first-order valence-electron chi connectivity index (χ1n) is 10.2. The van der Waals surface area contributed by atoms with Gasteiger partial charge < -0.3 is 9.55 Å². The summed E-state index contributed by atoms with van der Waals surface area (Å²) < 4.78 is 14.9. The van der Waals surface area contributed by atoms with Gasteiger partial charge in [0.2, 0.25) is 0 Å². The van der Waals surface area contributed by atoms with Gasteiger partial charge in [0.1, 0.15) is 11.6 Å². The molecule has 0 aliphatic rings. The third-order valence-electron chi connectivity index (χ3n) is 5.52. The van der Waals surface area contributed by atoms with E-state index < -0.39 is 11.3 Å². The van der Waals surface area contributed by atoms with Crippen molar-refractivity contribution < 1.29 is 9.18 Å². The second-order valence-corrected chi connectivity index (χ2v) is 8.06. The van der Waals surface area contributed by atoms with E-state index in [9.17, 15) is 14.0 Å². The van der Waals surface area contributed by atoms with Gasteiger partial charge in [-0.05, 0) is 54.1 Å². The van der Waals surface area contributed by atoms with Crippen molar-refractivity contribution in [2.75, 3.05) is 0 Å². The zero-order valence-electron chi connectivity index (χ0n) is 17.5. The summed E-state index contributed by atoms with van der Waals surface area (Å²) in [6.45, 7) is 0. The first-order valence-corrected chi connectivity index (χ1v) is 10.6. The van der Waals surface area contributed by atoms with E-state index in [1.807, 2.05) is 30.3 Å². The predicted octanol–water partition coefficient (Wildman–Crippen LogP) is 5.77. The maximum atomic E-state index is 13.5. The zero-order valence-corrected chi connectivity index (χ0v) is 18.2. The molecule has 3 aromatic carbocycles. The number of nitrogens with one attached hydrogen (secondary N) is 1. The summed E-state index contributed by atoms with van der Waals surface area (Å²) in [5.74, 6) is -0.475. The number of ketones is 1. The first kappa shape index (κ1) is 20.8. The van der Waals surface area contributed by atoms with Crippen LogP contribution in [0.15, 0.2) is 77.6 Å². The Morgan fingerprint density at radius 3 is 2.67 bits per heavy atom. The summed E-state index contributed by atoms with van der Waals surface area (Å²) in [5, 5.41) is 1.20. The molecule has 0 aliphatic heterocycles. The number of aryl methyl sites for hydroxylation is 1. The quantitative estimate of drug-likeness (QED) is 0.275. The van der Waals surface area contributed by atoms with Crippen molar-refractivity contribution in [3.05, 3.63) is 105 Å². The highest BCUT2D eigenvalue weighted by Crippen LogP contribution is 2.32. The topological polar surface area (TPSA) is 67.8 Å². The maximum absolute atomic E-state index is 13.5. The summed E-state index contributed by atoms with van der Waals surface area (Å²) in [6, 6.07) is 18.7. The molecule has 0 bridgehead atoms. The number of pyridine rings is 1. The van der Waals surface area contributed by atoms with Crippen LogP contribution in [0.4, 0.5) is 4.39 Å². The Bertz CT molecular complexity index is 1640. The number of rotatable bonds is 4. The standard InChI is InChI=1S/C26H17ClFN3O2/c1-31-21-10-7-16(27)13-18(21)24(15-5-3-2-4-6-15)25(26(31)33)22(32)11-12-23-29-19-9-8-17(28)14-20(19)30-23/h2-14H,1H3,(H,29,30)/b12-11+. The number of allylic oxidation sites excluding steroid dienone is 1. The molecule has 2 aromatic heterocycles. The fourth-order valence-electron chi connectivity index (χ4n) is 3.97. The molecule has 1 N–H and O–H groups in total. The number of nitrogens with zero attached hydrogens (tertiary/aromatic N) is 2. The van der Waals surface area contributed by atoms with Crippen LogP contribution in [0.1, 0.15) is 16.2 Å². The van der Waals surface area contributed by atoms with Crippen LogP contribution in [0.5, 0.6) is 0 Å². The molecule has 0 saturated carbocycles. The molecule has 0 saturated heterocycles. The van der Waals surface area contributed by atoms with Crippen LogP contribution < -0.4 is 5.56 Å². The van der Waals surface area contributed by atoms with Gasteiger partial charge >= 0.3 is 0 Å². The van der Waals surface area contributed by atoms with Gasteiger partial charge in [0.15, 0.2) is 5.78 Å². The number of halogens is 2. The monoisotopic (exact) mass is 457 g/mol. The molecule has 162 valence electrons. The summed E-state index contributed by atoms with van der Waals surface area (Å²) in [5.41, 5.74) is 2.65. The molecule has 5 nitrogen and oxygen atoms in total. The highest BCUT2D eigenvalue weighted by Gasteiger charge is 2.21. The molecule has 0 atom stereocenters. The third-order valence-corrected chi connectivity index (χ3v) is 5.76. The highest BCUT2D eigenvalue weighted by atomic mass is 35.5. The number of aromatic nitrogens is 3. The SMILES string of the molecule is Cn1c(=O)c(C(=O)/C=C/c2nc3ccc(F)cc3[nH]2)c(-c2ccccc2)c2cc(Cl)ccc21. The van der Waals surface area contributed by atoms with E-state index >= 15 is 0 Å². The second-order valence-electron chi connectivity index (χ2n) is 7.62. The smallest absolute Gasteiger partial charge is 0.262 e. The second kappa shape index (κ2) is 8.15. The average Bonchev–Trinajstić information content (AvgIpc) is 3.22. The van der Waals surface area contributed by atoms with Gasteiger partial charge in [-0.3, -0.25) is 9.59 Å². The maximum Gasteiger partial charge on any atom is 0.262 e. The average molecular weight is 458 g/mol. The summed E-state index contributed by atoms with van der Waals surface area (Å²) >= 11 is 6.27. The van der Waals surface area contributed by atoms with E-state index in [1.165, 1.54) is 28.9 Å². The number of carbonyl (C=O) groups is 1. The largest absolute Gasteiger partial charge is 0.338 e. The van der Waals surface area contributed by atoms with E-state index in [0.717, 1.165) is 5.56 Å². The Kier molecular flexibility index (Phi) is 5.15. The van der Waals surface area contributed by atoms with Crippen LogP contribution in [0.2, 0.25) is 5.02 Å². The van der Waals surface area contributed by atoms with Crippen molar-refractivity contribution in [1.29, 1.82) is 0 Å². The van der Waals surface area contributed by atoms with Crippen LogP contribution in [-0.4, -0.2) is 20.3 Å². The predicted molar refractivity (Wildman–Crippen MR) is 129 cm³/mol. The molecule has 0 radical (unpaired) electrons. The van der Waals surface area contributed by atoms with E-state index in [4.69, 9.17) is 11.6 Å². The molecular formula is C26H17ClFN3O2. The first-order chi connectivity index (χ1) is 15.9. The normalized spacial score (nSPS) is 11.6. The van der Waals surface area contributed by atoms with E-state index in [1.54, 1.807) is 31.3 Å². The van der Waals surface area contributed by atoms with Gasteiger partial charge in [0, 0.05) is 23.0 Å². The van der Waals surface area contributed by atoms with Gasteiger partial charge in [-0.2, -0.15) is 0 Å². The third kappa shape index (κ3) is 3.75. The molecule has 0 spiro atoms. The minimum absolute atomic E-state index is 0.0388. The minimum Gasteiger partial charge on any atom is -0.338 e. The number of benzene rings is 3. The van der Waals surface area contributed by atoms with Crippen LogP contribution in [0.3, 0.4) is 0 Å².